The number of nitrogens with one attached hydrogen (secondary N) is 2. The Kier molecular flexibility index (Phi) is 3.58. The summed E-state index contributed by atoms with van der Waals surface area (Å²) in [5.41, 5.74) is -0.455. The van der Waals surface area contributed by atoms with Crippen LogP contribution in [0.25, 0.3) is 0 Å². The third-order valence-electron chi connectivity index (χ3n) is 3.06. The van der Waals surface area contributed by atoms with Gasteiger partial charge in [-0.05, 0) is 33.6 Å². The highest BCUT2D eigenvalue weighted by molar-refractivity contribution is 5.68. The number of ether oxygens (including phenoxy) is 2. The van der Waals surface area contributed by atoms with Crippen LogP contribution in [-0.2, 0) is 9.47 Å². The minimum Gasteiger partial charge on any atom is -0.444 e. The van der Waals surface area contributed by atoms with Gasteiger partial charge in [0, 0.05) is 19.2 Å². The van der Waals surface area contributed by atoms with Gasteiger partial charge in [0.25, 0.3) is 0 Å². The number of rotatable bonds is 1. The Hall–Kier alpha value is -0.810. The van der Waals surface area contributed by atoms with Crippen molar-refractivity contribution >= 4 is 6.09 Å². The molecule has 0 aliphatic carbocycles. The molecule has 0 saturated carbocycles. The van der Waals surface area contributed by atoms with Gasteiger partial charge in [0.05, 0.1) is 12.1 Å². The van der Waals surface area contributed by atoms with Crippen LogP contribution in [0.4, 0.5) is 4.79 Å². The van der Waals surface area contributed by atoms with Crippen molar-refractivity contribution in [3.8, 4) is 0 Å². The molecule has 2 aliphatic rings. The van der Waals surface area contributed by atoms with E-state index in [4.69, 9.17) is 9.47 Å². The molecule has 3 atom stereocenters. The highest BCUT2D eigenvalue weighted by atomic mass is 16.6. The van der Waals surface area contributed by atoms with E-state index in [1.165, 1.54) is 0 Å². The third kappa shape index (κ3) is 3.33. The van der Waals surface area contributed by atoms with Crippen LogP contribution in [0.1, 0.15) is 33.6 Å². The van der Waals surface area contributed by atoms with E-state index in [1.807, 2.05) is 20.8 Å². The highest BCUT2D eigenvalue weighted by Crippen LogP contribution is 2.21. The van der Waals surface area contributed by atoms with Crippen molar-refractivity contribution in [2.75, 3.05) is 13.2 Å². The molecule has 2 heterocycles. The predicted octanol–water partition coefficient (Wildman–Crippen LogP) is 1.03. The zero-order chi connectivity index (χ0) is 12.5. The summed E-state index contributed by atoms with van der Waals surface area (Å²) in [4.78, 5) is 11.7. The molecule has 5 nitrogen and oxygen atoms in total. The normalized spacial score (nSPS) is 33.0. The molecule has 0 radical (unpaired) electrons. The van der Waals surface area contributed by atoms with Crippen LogP contribution in [0.2, 0.25) is 0 Å². The van der Waals surface area contributed by atoms with Gasteiger partial charge >= 0.3 is 6.09 Å². The summed E-state index contributed by atoms with van der Waals surface area (Å²) in [6, 6.07) is 0.402. The van der Waals surface area contributed by atoms with E-state index in [0.717, 1.165) is 26.0 Å². The largest absolute Gasteiger partial charge is 0.444 e. The maximum Gasteiger partial charge on any atom is 0.408 e. The number of alkyl carbamates (subject to hydrolysis) is 1. The summed E-state index contributed by atoms with van der Waals surface area (Å²) < 4.78 is 11.0. The molecule has 5 heteroatoms. The molecule has 17 heavy (non-hydrogen) atoms. The molecular formula is C12H22N2O3. The molecule has 2 rings (SSSR count). The molecular weight excluding hydrogens is 220 g/mol. The van der Waals surface area contributed by atoms with Gasteiger partial charge in [-0.1, -0.05) is 0 Å². The molecule has 2 N–H and O–H groups in total. The molecule has 1 amide bonds. The van der Waals surface area contributed by atoms with Crippen LogP contribution in [-0.4, -0.2) is 43.0 Å². The van der Waals surface area contributed by atoms with E-state index in [9.17, 15) is 4.79 Å². The van der Waals surface area contributed by atoms with Crippen LogP contribution in [0.5, 0.6) is 0 Å². The van der Waals surface area contributed by atoms with Crippen molar-refractivity contribution in [1.29, 1.82) is 0 Å². The van der Waals surface area contributed by atoms with Gasteiger partial charge in [0.15, 0.2) is 0 Å². The SMILES string of the molecule is CC(C)(C)OC(=O)NC1CNC2CCCOC21. The molecule has 3 unspecified atom stereocenters. The third-order valence-corrected chi connectivity index (χ3v) is 3.06. The Bertz CT molecular complexity index is 288. The fraction of sp³-hybridized carbons (Fsp3) is 0.917. The Balaban J connectivity index is 1.85. The van der Waals surface area contributed by atoms with Crippen molar-refractivity contribution in [2.24, 2.45) is 0 Å². The zero-order valence-corrected chi connectivity index (χ0v) is 10.8. The molecule has 2 fully saturated rings. The van der Waals surface area contributed by atoms with Crippen molar-refractivity contribution in [1.82, 2.24) is 10.6 Å². The lowest BCUT2D eigenvalue weighted by Crippen LogP contribution is -2.48. The van der Waals surface area contributed by atoms with Gasteiger partial charge in [-0.3, -0.25) is 0 Å². The van der Waals surface area contributed by atoms with E-state index in [-0.39, 0.29) is 18.2 Å². The maximum absolute atomic E-state index is 11.7. The predicted molar refractivity (Wildman–Crippen MR) is 63.9 cm³/mol. The lowest BCUT2D eigenvalue weighted by molar-refractivity contribution is -0.00690. The molecule has 0 aromatic heterocycles. The first-order valence-corrected chi connectivity index (χ1v) is 6.30. The van der Waals surface area contributed by atoms with Gasteiger partial charge in [0.1, 0.15) is 5.60 Å². The Morgan fingerprint density at radius 1 is 1.47 bits per heavy atom. The van der Waals surface area contributed by atoms with Gasteiger partial charge in [-0.2, -0.15) is 0 Å². The minimum atomic E-state index is -0.455. The van der Waals surface area contributed by atoms with E-state index < -0.39 is 5.60 Å². The van der Waals surface area contributed by atoms with Crippen molar-refractivity contribution in [2.45, 2.75) is 57.4 Å². The second kappa shape index (κ2) is 4.82. The lowest BCUT2D eigenvalue weighted by Gasteiger charge is -2.29. The summed E-state index contributed by atoms with van der Waals surface area (Å²) >= 11 is 0. The summed E-state index contributed by atoms with van der Waals surface area (Å²) in [5, 5.41) is 6.27. The van der Waals surface area contributed by atoms with Gasteiger partial charge in [0.2, 0.25) is 0 Å². The average Bonchev–Trinajstić information content (AvgIpc) is 2.59. The van der Waals surface area contributed by atoms with Crippen molar-refractivity contribution < 1.29 is 14.3 Å². The first kappa shape index (κ1) is 12.6. The number of amides is 1. The number of fused-ring (bicyclic) bond motifs is 1. The smallest absolute Gasteiger partial charge is 0.408 e. The summed E-state index contributed by atoms with van der Waals surface area (Å²) in [7, 11) is 0. The second-order valence-electron chi connectivity index (χ2n) is 5.75. The summed E-state index contributed by atoms with van der Waals surface area (Å²) in [6.07, 6.45) is 1.94. The fourth-order valence-electron chi connectivity index (χ4n) is 2.40. The van der Waals surface area contributed by atoms with E-state index in [1.54, 1.807) is 0 Å². The quantitative estimate of drug-likeness (QED) is 0.721. The number of hydrogen-bond acceptors (Lipinski definition) is 4. The summed E-state index contributed by atoms with van der Waals surface area (Å²) in [5.74, 6) is 0. The second-order valence-corrected chi connectivity index (χ2v) is 5.75. The lowest BCUT2D eigenvalue weighted by atomic mass is 10.0. The molecule has 2 saturated heterocycles. The Morgan fingerprint density at radius 2 is 2.24 bits per heavy atom. The zero-order valence-electron chi connectivity index (χ0n) is 10.8. The van der Waals surface area contributed by atoms with E-state index >= 15 is 0 Å². The van der Waals surface area contributed by atoms with Crippen LogP contribution in [0, 0.1) is 0 Å². The van der Waals surface area contributed by atoms with E-state index in [0.29, 0.717) is 6.04 Å². The van der Waals surface area contributed by atoms with Crippen LogP contribution < -0.4 is 10.6 Å². The van der Waals surface area contributed by atoms with Gasteiger partial charge in [-0.25, -0.2) is 4.79 Å². The maximum atomic E-state index is 11.7. The van der Waals surface area contributed by atoms with Crippen molar-refractivity contribution in [3.05, 3.63) is 0 Å². The molecule has 0 aromatic rings. The number of carbonyl (C=O) groups excluding carboxylic acids is 1. The molecule has 2 aliphatic heterocycles. The number of carbonyl (C=O) groups is 1. The average molecular weight is 242 g/mol. The monoisotopic (exact) mass is 242 g/mol. The molecule has 0 spiro atoms. The van der Waals surface area contributed by atoms with Crippen molar-refractivity contribution in [3.63, 3.8) is 0 Å². The van der Waals surface area contributed by atoms with Gasteiger partial charge in [-0.15, -0.1) is 0 Å². The molecule has 0 bridgehead atoms. The molecule has 98 valence electrons. The van der Waals surface area contributed by atoms with E-state index in [2.05, 4.69) is 10.6 Å². The van der Waals surface area contributed by atoms with Crippen LogP contribution in [0.3, 0.4) is 0 Å². The highest BCUT2D eigenvalue weighted by Gasteiger charge is 2.39. The Labute approximate surface area is 102 Å². The minimum absolute atomic E-state index is 0.0233. The van der Waals surface area contributed by atoms with Crippen LogP contribution in [0.15, 0.2) is 0 Å². The first-order valence-electron chi connectivity index (χ1n) is 6.30. The van der Waals surface area contributed by atoms with Crippen LogP contribution >= 0.6 is 0 Å². The Morgan fingerprint density at radius 3 is 2.94 bits per heavy atom. The first-order chi connectivity index (χ1) is 7.96. The molecule has 0 aromatic carbocycles. The number of hydrogen-bond donors (Lipinski definition) is 2. The summed E-state index contributed by atoms with van der Waals surface area (Å²) in [6.45, 7) is 7.13. The standard InChI is InChI=1S/C12H22N2O3/c1-12(2,3)17-11(15)14-9-7-13-8-5-4-6-16-10(8)9/h8-10,13H,4-7H2,1-3H3,(H,14,15). The topological polar surface area (TPSA) is 59.6 Å². The fourth-order valence-corrected chi connectivity index (χ4v) is 2.40. The van der Waals surface area contributed by atoms with Gasteiger partial charge < -0.3 is 20.1 Å².